The molecule has 5 nitrogen and oxygen atoms in total. The van der Waals surface area contributed by atoms with Crippen LogP contribution in [0, 0.1) is 13.8 Å². The first-order valence-electron chi connectivity index (χ1n) is 6.92. The highest BCUT2D eigenvalue weighted by Crippen LogP contribution is 2.11. The van der Waals surface area contributed by atoms with Crippen LogP contribution < -0.4 is 5.32 Å². The molecule has 0 aliphatic carbocycles. The van der Waals surface area contributed by atoms with E-state index in [0.717, 1.165) is 22.8 Å². The van der Waals surface area contributed by atoms with Gasteiger partial charge in [-0.05, 0) is 43.0 Å². The summed E-state index contributed by atoms with van der Waals surface area (Å²) in [6.45, 7) is 4.41. The van der Waals surface area contributed by atoms with Gasteiger partial charge in [0, 0.05) is 29.4 Å². The Kier molecular flexibility index (Phi) is 4.02. The maximum absolute atomic E-state index is 11.9. The van der Waals surface area contributed by atoms with Crippen molar-refractivity contribution in [1.82, 2.24) is 20.1 Å². The number of pyridine rings is 1. The highest BCUT2D eigenvalue weighted by Gasteiger charge is 2.07. The standard InChI is InChI=1S/C16H16N4OS/c1-11-7-12(2)20(19-11)15-4-3-13(8-17-15)9-18-16(21)14-5-6-22-10-14/h3-8,10H,9H2,1-2H3,(H,18,21). The number of nitrogens with zero attached hydrogens (tertiary/aromatic N) is 3. The SMILES string of the molecule is Cc1cc(C)n(-c2ccc(CNC(=O)c3ccsc3)cn2)n1. The monoisotopic (exact) mass is 312 g/mol. The van der Waals surface area contributed by atoms with Crippen LogP contribution in [0.3, 0.4) is 0 Å². The molecule has 0 aliphatic heterocycles. The van der Waals surface area contributed by atoms with E-state index in [2.05, 4.69) is 15.4 Å². The molecule has 3 aromatic heterocycles. The van der Waals surface area contributed by atoms with Crippen LogP contribution in [0.1, 0.15) is 27.3 Å². The second-order valence-corrected chi connectivity index (χ2v) is 5.84. The van der Waals surface area contributed by atoms with Gasteiger partial charge in [-0.1, -0.05) is 6.07 Å². The fourth-order valence-corrected chi connectivity index (χ4v) is 2.82. The van der Waals surface area contributed by atoms with Crippen molar-refractivity contribution in [3.8, 4) is 5.82 Å². The molecule has 0 radical (unpaired) electrons. The van der Waals surface area contributed by atoms with E-state index in [4.69, 9.17) is 0 Å². The Morgan fingerprint density at radius 3 is 2.77 bits per heavy atom. The second kappa shape index (κ2) is 6.11. The van der Waals surface area contributed by atoms with E-state index in [0.29, 0.717) is 12.1 Å². The van der Waals surface area contributed by atoms with E-state index >= 15 is 0 Å². The molecule has 6 heteroatoms. The van der Waals surface area contributed by atoms with Gasteiger partial charge < -0.3 is 5.32 Å². The number of aromatic nitrogens is 3. The molecule has 0 fully saturated rings. The summed E-state index contributed by atoms with van der Waals surface area (Å²) in [4.78, 5) is 16.3. The number of carbonyl (C=O) groups excluding carboxylic acids is 1. The van der Waals surface area contributed by atoms with Crippen LogP contribution in [0.25, 0.3) is 5.82 Å². The van der Waals surface area contributed by atoms with Gasteiger partial charge in [0.1, 0.15) is 0 Å². The molecule has 0 unspecified atom stereocenters. The fraction of sp³-hybridized carbons (Fsp3) is 0.188. The first kappa shape index (κ1) is 14.5. The number of thiophene rings is 1. The number of hydrogen-bond acceptors (Lipinski definition) is 4. The summed E-state index contributed by atoms with van der Waals surface area (Å²) in [6.07, 6.45) is 1.76. The van der Waals surface area contributed by atoms with E-state index in [1.54, 1.807) is 6.20 Å². The van der Waals surface area contributed by atoms with Crippen LogP contribution in [0.4, 0.5) is 0 Å². The molecule has 3 aromatic rings. The Hall–Kier alpha value is -2.47. The third-order valence-corrected chi connectivity index (χ3v) is 3.96. The Morgan fingerprint density at radius 1 is 1.32 bits per heavy atom. The lowest BCUT2D eigenvalue weighted by atomic mass is 10.2. The van der Waals surface area contributed by atoms with Crippen molar-refractivity contribution in [3.05, 3.63) is 63.7 Å². The summed E-state index contributed by atoms with van der Waals surface area (Å²) in [7, 11) is 0. The van der Waals surface area contributed by atoms with Crippen molar-refractivity contribution in [2.24, 2.45) is 0 Å². The molecule has 1 N–H and O–H groups in total. The first-order valence-corrected chi connectivity index (χ1v) is 7.87. The normalized spacial score (nSPS) is 10.6. The molecule has 0 atom stereocenters. The van der Waals surface area contributed by atoms with Gasteiger partial charge in [-0.2, -0.15) is 16.4 Å². The van der Waals surface area contributed by atoms with E-state index in [-0.39, 0.29) is 5.91 Å². The maximum Gasteiger partial charge on any atom is 0.252 e. The van der Waals surface area contributed by atoms with Crippen molar-refractivity contribution in [2.45, 2.75) is 20.4 Å². The van der Waals surface area contributed by atoms with Crippen molar-refractivity contribution >= 4 is 17.2 Å². The summed E-state index contributed by atoms with van der Waals surface area (Å²) >= 11 is 1.51. The average Bonchev–Trinajstić information content (AvgIpc) is 3.15. The summed E-state index contributed by atoms with van der Waals surface area (Å²) in [5, 5.41) is 11.0. The Balaban J connectivity index is 1.67. The van der Waals surface area contributed by atoms with Gasteiger partial charge in [0.05, 0.1) is 5.69 Å². The van der Waals surface area contributed by atoms with Crippen LogP contribution in [0.15, 0.2) is 41.2 Å². The third-order valence-electron chi connectivity index (χ3n) is 3.27. The molecule has 22 heavy (non-hydrogen) atoms. The quantitative estimate of drug-likeness (QED) is 0.806. The zero-order chi connectivity index (χ0) is 15.5. The second-order valence-electron chi connectivity index (χ2n) is 5.06. The smallest absolute Gasteiger partial charge is 0.252 e. The van der Waals surface area contributed by atoms with Crippen molar-refractivity contribution in [2.75, 3.05) is 0 Å². The molecule has 3 rings (SSSR count). The summed E-state index contributed by atoms with van der Waals surface area (Å²) in [5.74, 6) is 0.711. The van der Waals surface area contributed by atoms with E-state index in [1.165, 1.54) is 11.3 Å². The lowest BCUT2D eigenvalue weighted by molar-refractivity contribution is 0.0951. The van der Waals surface area contributed by atoms with Gasteiger partial charge in [0.25, 0.3) is 5.91 Å². The van der Waals surface area contributed by atoms with E-state index in [1.807, 2.05) is 53.6 Å². The first-order chi connectivity index (χ1) is 10.6. The third kappa shape index (κ3) is 3.07. The van der Waals surface area contributed by atoms with Gasteiger partial charge in [0.2, 0.25) is 0 Å². The molecule has 0 spiro atoms. The molecule has 0 saturated heterocycles. The number of nitrogens with one attached hydrogen (secondary N) is 1. The molecule has 0 aromatic carbocycles. The highest BCUT2D eigenvalue weighted by molar-refractivity contribution is 7.08. The maximum atomic E-state index is 11.9. The van der Waals surface area contributed by atoms with E-state index in [9.17, 15) is 4.79 Å². The molecule has 0 saturated carbocycles. The number of aryl methyl sites for hydroxylation is 2. The van der Waals surface area contributed by atoms with Crippen LogP contribution >= 0.6 is 11.3 Å². The predicted molar refractivity (Wildman–Crippen MR) is 86.3 cm³/mol. The lowest BCUT2D eigenvalue weighted by Gasteiger charge is -2.06. The van der Waals surface area contributed by atoms with E-state index < -0.39 is 0 Å². The van der Waals surface area contributed by atoms with Crippen LogP contribution in [0.2, 0.25) is 0 Å². The summed E-state index contributed by atoms with van der Waals surface area (Å²) < 4.78 is 1.81. The van der Waals surface area contributed by atoms with Gasteiger partial charge in [0.15, 0.2) is 5.82 Å². The zero-order valence-electron chi connectivity index (χ0n) is 12.4. The van der Waals surface area contributed by atoms with Gasteiger partial charge in [-0.25, -0.2) is 9.67 Å². The molecule has 1 amide bonds. The molecular weight excluding hydrogens is 296 g/mol. The number of rotatable bonds is 4. The molecule has 0 bridgehead atoms. The molecule has 112 valence electrons. The van der Waals surface area contributed by atoms with Crippen molar-refractivity contribution in [1.29, 1.82) is 0 Å². The van der Waals surface area contributed by atoms with Gasteiger partial charge in [-0.15, -0.1) is 0 Å². The van der Waals surface area contributed by atoms with Crippen LogP contribution in [-0.2, 0) is 6.54 Å². The highest BCUT2D eigenvalue weighted by atomic mass is 32.1. The lowest BCUT2D eigenvalue weighted by Crippen LogP contribution is -2.22. The Labute approximate surface area is 132 Å². The zero-order valence-corrected chi connectivity index (χ0v) is 13.2. The Bertz CT molecular complexity index is 775. The topological polar surface area (TPSA) is 59.8 Å². The summed E-state index contributed by atoms with van der Waals surface area (Å²) in [6, 6.07) is 7.68. The Morgan fingerprint density at radius 2 is 2.18 bits per heavy atom. The minimum absolute atomic E-state index is 0.0659. The largest absolute Gasteiger partial charge is 0.348 e. The average molecular weight is 312 g/mol. The minimum atomic E-state index is -0.0659. The van der Waals surface area contributed by atoms with Gasteiger partial charge >= 0.3 is 0 Å². The molecule has 3 heterocycles. The van der Waals surface area contributed by atoms with Crippen molar-refractivity contribution < 1.29 is 4.79 Å². The summed E-state index contributed by atoms with van der Waals surface area (Å²) in [5.41, 5.74) is 3.65. The van der Waals surface area contributed by atoms with Gasteiger partial charge in [-0.3, -0.25) is 4.79 Å². The van der Waals surface area contributed by atoms with Crippen LogP contribution in [0.5, 0.6) is 0 Å². The van der Waals surface area contributed by atoms with Crippen LogP contribution in [-0.4, -0.2) is 20.7 Å². The number of carbonyl (C=O) groups is 1. The fourth-order valence-electron chi connectivity index (χ4n) is 2.19. The number of amides is 1. The minimum Gasteiger partial charge on any atom is -0.348 e. The molecular formula is C16H16N4OS. The van der Waals surface area contributed by atoms with Crippen molar-refractivity contribution in [3.63, 3.8) is 0 Å². The predicted octanol–water partition coefficient (Wildman–Crippen LogP) is 2.88. The number of hydrogen-bond donors (Lipinski definition) is 1. The molecule has 0 aliphatic rings.